The van der Waals surface area contributed by atoms with Crippen LogP contribution in [0.2, 0.25) is 0 Å². The number of carbonyl (C=O) groups is 1. The van der Waals surface area contributed by atoms with Crippen molar-refractivity contribution in [1.29, 1.82) is 0 Å². The number of alkyl halides is 3. The molecule has 9 heteroatoms. The zero-order chi connectivity index (χ0) is 19.9. The number of benzene rings is 1. The van der Waals surface area contributed by atoms with Gasteiger partial charge in [-0.1, -0.05) is 18.2 Å². The Kier molecular flexibility index (Phi) is 4.57. The Balaban J connectivity index is 1.74. The van der Waals surface area contributed by atoms with Crippen molar-refractivity contribution < 1.29 is 22.7 Å². The third kappa shape index (κ3) is 3.03. The van der Waals surface area contributed by atoms with Crippen LogP contribution in [-0.4, -0.2) is 77.7 Å². The highest BCUT2D eigenvalue weighted by Gasteiger charge is 2.63. The van der Waals surface area contributed by atoms with Crippen molar-refractivity contribution in [2.45, 2.75) is 18.6 Å². The number of hydrogen-bond donors (Lipinski definition) is 0. The van der Waals surface area contributed by atoms with E-state index in [1.54, 1.807) is 18.2 Å². The minimum atomic E-state index is -4.60. The molecular formula is C19H21F3N4O2. The summed E-state index contributed by atoms with van der Waals surface area (Å²) >= 11 is 0. The van der Waals surface area contributed by atoms with E-state index in [0.717, 1.165) is 11.8 Å². The first-order valence-corrected chi connectivity index (χ1v) is 9.14. The van der Waals surface area contributed by atoms with Gasteiger partial charge in [0, 0.05) is 25.2 Å². The molecule has 1 atom stereocenters. The lowest BCUT2D eigenvalue weighted by atomic mass is 10.00. The number of halogens is 3. The van der Waals surface area contributed by atoms with E-state index in [1.807, 2.05) is 11.0 Å². The molecule has 0 aliphatic carbocycles. The van der Waals surface area contributed by atoms with Gasteiger partial charge in [0.2, 0.25) is 5.96 Å². The summed E-state index contributed by atoms with van der Waals surface area (Å²) in [5.74, 6) is -0.0607. The molecule has 0 spiro atoms. The smallest absolute Gasteiger partial charge is 0.378 e. The monoisotopic (exact) mass is 394 g/mol. The maximum Gasteiger partial charge on any atom is 0.413 e. The maximum atomic E-state index is 14.0. The van der Waals surface area contributed by atoms with Gasteiger partial charge in [0.15, 0.2) is 5.54 Å². The molecule has 1 aromatic carbocycles. The highest BCUT2D eigenvalue weighted by Crippen LogP contribution is 2.42. The molecule has 3 aliphatic rings. The first-order chi connectivity index (χ1) is 13.3. The number of nitrogens with zero attached hydrogens (tertiary/aromatic N) is 4. The zero-order valence-corrected chi connectivity index (χ0v) is 15.4. The van der Waals surface area contributed by atoms with E-state index < -0.39 is 17.6 Å². The van der Waals surface area contributed by atoms with E-state index in [-0.39, 0.29) is 24.6 Å². The number of rotatable bonds is 2. The molecule has 3 aliphatic heterocycles. The molecule has 0 bridgehead atoms. The highest BCUT2D eigenvalue weighted by molar-refractivity contribution is 6.08. The van der Waals surface area contributed by atoms with Crippen LogP contribution in [0.25, 0.3) is 0 Å². The minimum Gasteiger partial charge on any atom is -0.378 e. The Morgan fingerprint density at radius 1 is 1.14 bits per heavy atom. The summed E-state index contributed by atoms with van der Waals surface area (Å²) in [5, 5.41) is 0. The lowest BCUT2D eigenvalue weighted by Gasteiger charge is -2.35. The van der Waals surface area contributed by atoms with Crippen molar-refractivity contribution in [1.82, 2.24) is 14.7 Å². The summed E-state index contributed by atoms with van der Waals surface area (Å²) < 4.78 is 47.5. The standard InChI is InChI=1S/C19H21F3N4O2/c1-18(19(20,21)22)13-25-8-7-15(24-9-11-28-12-10-24)23-17(25)26(18)16(27)14-5-3-2-4-6-14/h2-7H,8-13H2,1H3/t18-/m0/s1. The van der Waals surface area contributed by atoms with Gasteiger partial charge < -0.3 is 14.5 Å². The predicted octanol–water partition coefficient (Wildman–Crippen LogP) is 2.31. The molecule has 2 fully saturated rings. The van der Waals surface area contributed by atoms with Crippen LogP contribution in [0, 0.1) is 0 Å². The second kappa shape index (κ2) is 6.80. The largest absolute Gasteiger partial charge is 0.413 e. The number of hydrogen-bond acceptors (Lipinski definition) is 5. The Labute approximate surface area is 160 Å². The second-order valence-electron chi connectivity index (χ2n) is 7.23. The van der Waals surface area contributed by atoms with Gasteiger partial charge in [-0.15, -0.1) is 0 Å². The number of guanidine groups is 1. The average Bonchev–Trinajstić information content (AvgIpc) is 3.01. The average molecular weight is 394 g/mol. The van der Waals surface area contributed by atoms with Crippen LogP contribution in [-0.2, 0) is 4.74 Å². The Morgan fingerprint density at radius 2 is 1.82 bits per heavy atom. The third-order valence-corrected chi connectivity index (χ3v) is 5.35. The molecule has 3 heterocycles. The van der Waals surface area contributed by atoms with Crippen molar-refractivity contribution in [2.24, 2.45) is 4.99 Å². The van der Waals surface area contributed by atoms with Crippen molar-refractivity contribution >= 4 is 11.9 Å². The summed E-state index contributed by atoms with van der Waals surface area (Å²) in [4.78, 5) is 21.9. The van der Waals surface area contributed by atoms with E-state index in [9.17, 15) is 18.0 Å². The first kappa shape index (κ1) is 18.8. The van der Waals surface area contributed by atoms with Gasteiger partial charge >= 0.3 is 6.18 Å². The van der Waals surface area contributed by atoms with Gasteiger partial charge in [-0.3, -0.25) is 9.69 Å². The van der Waals surface area contributed by atoms with E-state index >= 15 is 0 Å². The van der Waals surface area contributed by atoms with Gasteiger partial charge in [0.1, 0.15) is 5.82 Å². The van der Waals surface area contributed by atoms with Crippen LogP contribution in [0.4, 0.5) is 13.2 Å². The molecule has 150 valence electrons. The zero-order valence-electron chi connectivity index (χ0n) is 15.4. The Hall–Kier alpha value is -2.55. The van der Waals surface area contributed by atoms with Gasteiger partial charge in [0.05, 0.1) is 19.8 Å². The fourth-order valence-corrected chi connectivity index (χ4v) is 3.72. The van der Waals surface area contributed by atoms with Gasteiger partial charge in [-0.05, 0) is 25.1 Å². The van der Waals surface area contributed by atoms with E-state index in [1.165, 1.54) is 17.0 Å². The van der Waals surface area contributed by atoms with Crippen LogP contribution >= 0.6 is 0 Å². The summed E-state index contributed by atoms with van der Waals surface area (Å²) in [5.41, 5.74) is -2.16. The van der Waals surface area contributed by atoms with Gasteiger partial charge in [-0.2, -0.15) is 18.2 Å². The van der Waals surface area contributed by atoms with Crippen LogP contribution < -0.4 is 0 Å². The molecular weight excluding hydrogens is 373 g/mol. The summed E-state index contributed by atoms with van der Waals surface area (Å²) in [7, 11) is 0. The molecule has 2 saturated heterocycles. The molecule has 0 radical (unpaired) electrons. The normalized spacial score (nSPS) is 25.4. The lowest BCUT2D eigenvalue weighted by Crippen LogP contribution is -2.58. The molecule has 0 aromatic heterocycles. The summed E-state index contributed by atoms with van der Waals surface area (Å²) in [6.07, 6.45) is -2.79. The topological polar surface area (TPSA) is 48.4 Å². The molecule has 1 aromatic rings. The minimum absolute atomic E-state index is 0.0534. The number of aliphatic imine (C=N–C) groups is 1. The van der Waals surface area contributed by atoms with Gasteiger partial charge in [0.25, 0.3) is 5.91 Å². The molecule has 0 saturated carbocycles. The number of carbonyl (C=O) groups excluding carboxylic acids is 1. The van der Waals surface area contributed by atoms with E-state index in [4.69, 9.17) is 4.74 Å². The van der Waals surface area contributed by atoms with E-state index in [2.05, 4.69) is 4.99 Å². The number of ether oxygens (including phenoxy) is 1. The molecule has 28 heavy (non-hydrogen) atoms. The number of morpholine rings is 1. The van der Waals surface area contributed by atoms with Crippen LogP contribution in [0.3, 0.4) is 0 Å². The van der Waals surface area contributed by atoms with Crippen molar-refractivity contribution in [3.05, 3.63) is 47.8 Å². The quantitative estimate of drug-likeness (QED) is 0.773. The predicted molar refractivity (Wildman–Crippen MR) is 96.6 cm³/mol. The number of amides is 1. The first-order valence-electron chi connectivity index (χ1n) is 9.14. The van der Waals surface area contributed by atoms with Crippen molar-refractivity contribution in [3.63, 3.8) is 0 Å². The lowest BCUT2D eigenvalue weighted by molar-refractivity contribution is -0.201. The Morgan fingerprint density at radius 3 is 2.46 bits per heavy atom. The molecule has 4 rings (SSSR count). The Bertz CT molecular complexity index is 818. The number of fused-ring (bicyclic) bond motifs is 1. The fraction of sp³-hybridized carbons (Fsp3) is 0.474. The summed E-state index contributed by atoms with van der Waals surface area (Å²) in [6.45, 7) is 3.30. The maximum absolute atomic E-state index is 14.0. The van der Waals surface area contributed by atoms with Crippen molar-refractivity contribution in [3.8, 4) is 0 Å². The molecule has 6 nitrogen and oxygen atoms in total. The third-order valence-electron chi connectivity index (χ3n) is 5.35. The molecule has 0 N–H and O–H groups in total. The van der Waals surface area contributed by atoms with Crippen molar-refractivity contribution in [2.75, 3.05) is 39.4 Å². The van der Waals surface area contributed by atoms with Gasteiger partial charge in [-0.25, -0.2) is 0 Å². The fourth-order valence-electron chi connectivity index (χ4n) is 3.72. The van der Waals surface area contributed by atoms with E-state index in [0.29, 0.717) is 32.1 Å². The van der Waals surface area contributed by atoms with Crippen LogP contribution in [0.5, 0.6) is 0 Å². The second-order valence-corrected chi connectivity index (χ2v) is 7.23. The summed E-state index contributed by atoms with van der Waals surface area (Å²) in [6, 6.07) is 8.02. The SMILES string of the molecule is C[C@@]1(C(F)(F)F)CN2CC=C(N3CCOCC3)N=C2N1C(=O)c1ccccc1. The molecule has 0 unspecified atom stereocenters. The molecule has 1 amide bonds. The van der Waals surface area contributed by atoms with Crippen LogP contribution in [0.15, 0.2) is 47.2 Å². The van der Waals surface area contributed by atoms with Crippen LogP contribution in [0.1, 0.15) is 17.3 Å². The highest BCUT2D eigenvalue weighted by atomic mass is 19.4.